The number of hydrogen-bond acceptors (Lipinski definition) is 3. The molecule has 1 amide bonds. The minimum atomic E-state index is -0.381. The van der Waals surface area contributed by atoms with Gasteiger partial charge in [-0.2, -0.15) is 5.10 Å². The maximum Gasteiger partial charge on any atom is 0.267 e. The van der Waals surface area contributed by atoms with Crippen LogP contribution in [0.25, 0.3) is 11.3 Å². The number of amides is 1. The molecule has 0 fully saturated rings. The second kappa shape index (κ2) is 8.60. The van der Waals surface area contributed by atoms with Crippen molar-refractivity contribution < 1.29 is 9.18 Å². The number of hydrogen-bond donors (Lipinski definition) is 1. The molecular formula is C20H17ClFN3O2. The molecule has 2 aromatic carbocycles. The first kappa shape index (κ1) is 18.8. The highest BCUT2D eigenvalue weighted by molar-refractivity contribution is 6.30. The van der Waals surface area contributed by atoms with Gasteiger partial charge in [-0.05, 0) is 54.4 Å². The molecule has 0 aliphatic heterocycles. The van der Waals surface area contributed by atoms with Crippen LogP contribution in [0.15, 0.2) is 65.5 Å². The van der Waals surface area contributed by atoms with E-state index >= 15 is 0 Å². The van der Waals surface area contributed by atoms with Crippen molar-refractivity contribution in [2.24, 2.45) is 0 Å². The van der Waals surface area contributed by atoms with Gasteiger partial charge in [-0.3, -0.25) is 9.59 Å². The zero-order valence-corrected chi connectivity index (χ0v) is 15.1. The van der Waals surface area contributed by atoms with Crippen LogP contribution in [0.5, 0.6) is 0 Å². The molecule has 0 radical (unpaired) electrons. The Balaban J connectivity index is 1.61. The standard InChI is InChI=1S/C20H17ClFN3O2/c21-16-5-1-14(2-6-16)11-12-23-19(26)13-25-20(27)10-9-18(24-25)15-3-7-17(22)8-4-15/h1-10H,11-13H2,(H,23,26). The second-order valence-corrected chi connectivity index (χ2v) is 6.38. The van der Waals surface area contributed by atoms with Gasteiger partial charge in [0.25, 0.3) is 5.56 Å². The first-order chi connectivity index (χ1) is 13.0. The molecule has 0 saturated heterocycles. The average molecular weight is 386 g/mol. The van der Waals surface area contributed by atoms with Crippen LogP contribution in [0.2, 0.25) is 5.02 Å². The topological polar surface area (TPSA) is 64.0 Å². The van der Waals surface area contributed by atoms with Gasteiger partial charge >= 0.3 is 0 Å². The number of carbonyl (C=O) groups is 1. The Bertz CT molecular complexity index is 985. The zero-order valence-electron chi connectivity index (χ0n) is 14.4. The van der Waals surface area contributed by atoms with E-state index in [9.17, 15) is 14.0 Å². The number of nitrogens with one attached hydrogen (secondary N) is 1. The normalized spacial score (nSPS) is 10.6. The van der Waals surface area contributed by atoms with E-state index in [2.05, 4.69) is 10.4 Å². The number of carbonyl (C=O) groups excluding carboxylic acids is 1. The van der Waals surface area contributed by atoms with Gasteiger partial charge in [0.2, 0.25) is 5.91 Å². The summed E-state index contributed by atoms with van der Waals surface area (Å²) < 4.78 is 14.1. The minimum absolute atomic E-state index is 0.186. The van der Waals surface area contributed by atoms with Crippen LogP contribution in [0.4, 0.5) is 4.39 Å². The quantitative estimate of drug-likeness (QED) is 0.709. The summed E-state index contributed by atoms with van der Waals surface area (Å²) >= 11 is 5.84. The van der Waals surface area contributed by atoms with E-state index in [1.165, 1.54) is 18.2 Å². The number of benzene rings is 2. The lowest BCUT2D eigenvalue weighted by molar-refractivity contribution is -0.121. The molecule has 7 heteroatoms. The Labute approximate surface area is 160 Å². The van der Waals surface area contributed by atoms with Gasteiger partial charge in [0.15, 0.2) is 0 Å². The zero-order chi connectivity index (χ0) is 19.2. The minimum Gasteiger partial charge on any atom is -0.354 e. The van der Waals surface area contributed by atoms with Crippen molar-refractivity contribution in [2.75, 3.05) is 6.54 Å². The van der Waals surface area contributed by atoms with E-state index in [1.807, 2.05) is 12.1 Å². The van der Waals surface area contributed by atoms with Crippen LogP contribution in [-0.2, 0) is 17.8 Å². The van der Waals surface area contributed by atoms with E-state index < -0.39 is 0 Å². The molecule has 0 unspecified atom stereocenters. The highest BCUT2D eigenvalue weighted by atomic mass is 35.5. The summed E-state index contributed by atoms with van der Waals surface area (Å²) in [7, 11) is 0. The SMILES string of the molecule is O=C(Cn1nc(-c2ccc(F)cc2)ccc1=O)NCCc1ccc(Cl)cc1. The van der Waals surface area contributed by atoms with Crippen molar-refractivity contribution in [2.45, 2.75) is 13.0 Å². The molecule has 1 N–H and O–H groups in total. The van der Waals surface area contributed by atoms with Gasteiger partial charge in [0, 0.05) is 23.2 Å². The van der Waals surface area contributed by atoms with Gasteiger partial charge in [-0.25, -0.2) is 9.07 Å². The molecule has 0 aliphatic rings. The van der Waals surface area contributed by atoms with Crippen LogP contribution in [-0.4, -0.2) is 22.2 Å². The van der Waals surface area contributed by atoms with Crippen LogP contribution >= 0.6 is 11.6 Å². The van der Waals surface area contributed by atoms with E-state index in [0.717, 1.165) is 10.2 Å². The predicted molar refractivity (Wildman–Crippen MR) is 102 cm³/mol. The van der Waals surface area contributed by atoms with Gasteiger partial charge in [0.05, 0.1) is 5.69 Å². The van der Waals surface area contributed by atoms with Gasteiger partial charge in [0.1, 0.15) is 12.4 Å². The van der Waals surface area contributed by atoms with Crippen LogP contribution < -0.4 is 10.9 Å². The lowest BCUT2D eigenvalue weighted by Crippen LogP contribution is -2.34. The van der Waals surface area contributed by atoms with Gasteiger partial charge < -0.3 is 5.32 Å². The molecule has 5 nitrogen and oxygen atoms in total. The van der Waals surface area contributed by atoms with E-state index in [0.29, 0.717) is 29.2 Å². The third-order valence-corrected chi connectivity index (χ3v) is 4.20. The highest BCUT2D eigenvalue weighted by Crippen LogP contribution is 2.15. The Hall–Kier alpha value is -2.99. The molecule has 0 bridgehead atoms. The van der Waals surface area contributed by atoms with Crippen molar-refractivity contribution in [1.82, 2.24) is 15.1 Å². The largest absolute Gasteiger partial charge is 0.354 e. The smallest absolute Gasteiger partial charge is 0.267 e. The molecule has 0 spiro atoms. The Morgan fingerprint density at radius 3 is 2.44 bits per heavy atom. The molecule has 0 atom stereocenters. The summed E-state index contributed by atoms with van der Waals surface area (Å²) in [6.07, 6.45) is 0.654. The molecule has 3 rings (SSSR count). The Morgan fingerprint density at radius 2 is 1.74 bits per heavy atom. The maximum atomic E-state index is 13.0. The summed E-state index contributed by atoms with van der Waals surface area (Å²) in [5.74, 6) is -0.665. The third-order valence-electron chi connectivity index (χ3n) is 3.95. The van der Waals surface area contributed by atoms with E-state index in [4.69, 9.17) is 11.6 Å². The fraction of sp³-hybridized carbons (Fsp3) is 0.150. The average Bonchev–Trinajstić information content (AvgIpc) is 2.66. The summed E-state index contributed by atoms with van der Waals surface area (Å²) in [6, 6.07) is 16.0. The Morgan fingerprint density at radius 1 is 1.04 bits per heavy atom. The first-order valence-corrected chi connectivity index (χ1v) is 8.74. The molecule has 1 heterocycles. The number of aromatic nitrogens is 2. The molecule has 1 aromatic heterocycles. The predicted octanol–water partition coefficient (Wildman–Crippen LogP) is 3.06. The summed E-state index contributed by atoms with van der Waals surface area (Å²) in [5, 5.41) is 7.62. The first-order valence-electron chi connectivity index (χ1n) is 8.36. The van der Waals surface area contributed by atoms with Crippen molar-refractivity contribution >= 4 is 17.5 Å². The molecular weight excluding hydrogens is 369 g/mol. The van der Waals surface area contributed by atoms with Crippen LogP contribution in [0.1, 0.15) is 5.56 Å². The lowest BCUT2D eigenvalue weighted by atomic mass is 10.1. The molecule has 27 heavy (non-hydrogen) atoms. The van der Waals surface area contributed by atoms with Crippen LogP contribution in [0, 0.1) is 5.82 Å². The van der Waals surface area contributed by atoms with Crippen molar-refractivity contribution in [3.05, 3.63) is 87.4 Å². The van der Waals surface area contributed by atoms with Crippen molar-refractivity contribution in [3.8, 4) is 11.3 Å². The molecule has 3 aromatic rings. The molecule has 138 valence electrons. The van der Waals surface area contributed by atoms with Crippen molar-refractivity contribution in [1.29, 1.82) is 0 Å². The summed E-state index contributed by atoms with van der Waals surface area (Å²) in [5.41, 5.74) is 1.82. The van der Waals surface area contributed by atoms with E-state index in [1.54, 1.807) is 30.3 Å². The number of nitrogens with zero attached hydrogens (tertiary/aromatic N) is 2. The number of halogens is 2. The molecule has 0 saturated carbocycles. The highest BCUT2D eigenvalue weighted by Gasteiger charge is 2.08. The Kier molecular flexibility index (Phi) is 5.98. The fourth-order valence-electron chi connectivity index (χ4n) is 2.53. The monoisotopic (exact) mass is 385 g/mol. The maximum absolute atomic E-state index is 13.0. The molecule has 0 aliphatic carbocycles. The lowest BCUT2D eigenvalue weighted by Gasteiger charge is -2.08. The van der Waals surface area contributed by atoms with Gasteiger partial charge in [-0.15, -0.1) is 0 Å². The van der Waals surface area contributed by atoms with Crippen LogP contribution in [0.3, 0.4) is 0 Å². The number of rotatable bonds is 6. The summed E-state index contributed by atoms with van der Waals surface area (Å²) in [4.78, 5) is 24.1. The fourth-order valence-corrected chi connectivity index (χ4v) is 2.65. The van der Waals surface area contributed by atoms with E-state index in [-0.39, 0.29) is 23.8 Å². The van der Waals surface area contributed by atoms with Crippen molar-refractivity contribution in [3.63, 3.8) is 0 Å². The third kappa shape index (κ3) is 5.24. The van der Waals surface area contributed by atoms with Gasteiger partial charge in [-0.1, -0.05) is 23.7 Å². The summed E-state index contributed by atoms with van der Waals surface area (Å²) in [6.45, 7) is 0.251. The second-order valence-electron chi connectivity index (χ2n) is 5.95.